The maximum atomic E-state index is 14.6. The van der Waals surface area contributed by atoms with Crippen LogP contribution in [-0.4, -0.2) is 46.8 Å². The van der Waals surface area contributed by atoms with E-state index in [-0.39, 0.29) is 23.7 Å². The van der Waals surface area contributed by atoms with E-state index in [0.717, 1.165) is 12.2 Å². The van der Waals surface area contributed by atoms with Crippen LogP contribution in [0.1, 0.15) is 43.4 Å². The lowest BCUT2D eigenvalue weighted by Gasteiger charge is -2.29. The summed E-state index contributed by atoms with van der Waals surface area (Å²) in [6.45, 7) is 7.67. The number of halogens is 2. The number of hydrogen-bond donors (Lipinski definition) is 1. The molecule has 8 heteroatoms. The number of fused-ring (bicyclic) bond motifs is 1. The Hall–Kier alpha value is -2.25. The minimum Gasteiger partial charge on any atom is -0.359 e. The van der Waals surface area contributed by atoms with E-state index in [1.807, 2.05) is 32.4 Å². The van der Waals surface area contributed by atoms with E-state index >= 15 is 0 Å². The van der Waals surface area contributed by atoms with Crippen molar-refractivity contribution in [3.8, 4) is 11.4 Å². The normalized spacial score (nSPS) is 15.6. The number of hydrogen-bond acceptors (Lipinski definition) is 4. The molecule has 0 aliphatic carbocycles. The van der Waals surface area contributed by atoms with Gasteiger partial charge in [0, 0.05) is 38.1 Å². The van der Waals surface area contributed by atoms with Gasteiger partial charge >= 0.3 is 0 Å². The van der Waals surface area contributed by atoms with Crippen molar-refractivity contribution in [1.29, 1.82) is 0 Å². The topological polar surface area (TPSA) is 67.2 Å². The standard InChI is InChI=1S/C22H28ClFN4O2/c1-22(2,3)15(21(30)25-4)11-18(29)19-17-12-27(5)8-9-28(17)20(26-19)14-10-13(23)6-7-16(14)24/h6-7,10,15H,8-9,11-12H2,1-5H3,(H,25,30)/t15-/m1/s1. The molecule has 0 radical (unpaired) electrons. The summed E-state index contributed by atoms with van der Waals surface area (Å²) >= 11 is 6.09. The maximum absolute atomic E-state index is 14.6. The molecule has 1 atom stereocenters. The Morgan fingerprint density at radius 3 is 2.63 bits per heavy atom. The molecule has 0 bridgehead atoms. The van der Waals surface area contributed by atoms with Gasteiger partial charge in [0.2, 0.25) is 5.91 Å². The molecule has 162 valence electrons. The predicted octanol–water partition coefficient (Wildman–Crippen LogP) is 3.77. The summed E-state index contributed by atoms with van der Waals surface area (Å²) < 4.78 is 16.5. The molecule has 1 amide bonds. The summed E-state index contributed by atoms with van der Waals surface area (Å²) in [4.78, 5) is 32.4. The Bertz CT molecular complexity index is 980. The van der Waals surface area contributed by atoms with E-state index in [0.29, 0.717) is 29.6 Å². The summed E-state index contributed by atoms with van der Waals surface area (Å²) in [6, 6.07) is 4.32. The second-order valence-electron chi connectivity index (χ2n) is 8.90. The number of Topliss-reactive ketones (excluding diaryl/α,β-unsaturated/α-hetero) is 1. The monoisotopic (exact) mass is 434 g/mol. The summed E-state index contributed by atoms with van der Waals surface area (Å²) in [5, 5.41) is 3.05. The van der Waals surface area contributed by atoms with Crippen molar-refractivity contribution in [3.05, 3.63) is 40.4 Å². The molecular weight excluding hydrogens is 407 g/mol. The van der Waals surface area contributed by atoms with Crippen molar-refractivity contribution in [2.24, 2.45) is 11.3 Å². The number of nitrogens with zero attached hydrogens (tertiary/aromatic N) is 3. The molecular formula is C22H28ClFN4O2. The minimum atomic E-state index is -0.500. The van der Waals surface area contributed by atoms with Crippen LogP contribution in [0.3, 0.4) is 0 Å². The number of ketones is 1. The van der Waals surface area contributed by atoms with Gasteiger partial charge in [0.05, 0.1) is 17.2 Å². The van der Waals surface area contributed by atoms with Gasteiger partial charge < -0.3 is 9.88 Å². The minimum absolute atomic E-state index is 0.0361. The molecule has 0 saturated carbocycles. The number of carbonyl (C=O) groups excluding carboxylic acids is 2. The van der Waals surface area contributed by atoms with Crippen LogP contribution in [0.15, 0.2) is 18.2 Å². The molecule has 0 saturated heterocycles. The molecule has 1 aliphatic heterocycles. The summed E-state index contributed by atoms with van der Waals surface area (Å²) in [7, 11) is 3.53. The highest BCUT2D eigenvalue weighted by Gasteiger charge is 2.35. The van der Waals surface area contributed by atoms with Gasteiger partial charge in [0.1, 0.15) is 17.3 Å². The van der Waals surface area contributed by atoms with Crippen LogP contribution in [0.5, 0.6) is 0 Å². The zero-order valence-electron chi connectivity index (χ0n) is 18.1. The summed E-state index contributed by atoms with van der Waals surface area (Å²) in [6.07, 6.45) is 0.0361. The quantitative estimate of drug-likeness (QED) is 0.727. The number of nitrogens with one attached hydrogen (secondary N) is 1. The van der Waals surface area contributed by atoms with Gasteiger partial charge in [-0.1, -0.05) is 32.4 Å². The molecule has 0 spiro atoms. The largest absolute Gasteiger partial charge is 0.359 e. The highest BCUT2D eigenvalue weighted by molar-refractivity contribution is 6.30. The second kappa shape index (κ2) is 8.47. The fourth-order valence-corrected chi connectivity index (χ4v) is 4.01. The first-order chi connectivity index (χ1) is 14.0. The first kappa shape index (κ1) is 22.4. The third-order valence-electron chi connectivity index (χ3n) is 5.63. The van der Waals surface area contributed by atoms with Gasteiger partial charge in [-0.05, 0) is 30.7 Å². The molecule has 0 fully saturated rings. The van der Waals surface area contributed by atoms with Crippen molar-refractivity contribution in [2.75, 3.05) is 20.6 Å². The smallest absolute Gasteiger partial charge is 0.223 e. The van der Waals surface area contributed by atoms with Crippen LogP contribution in [0, 0.1) is 17.2 Å². The van der Waals surface area contributed by atoms with Crippen molar-refractivity contribution >= 4 is 23.3 Å². The molecule has 1 aromatic carbocycles. The molecule has 1 aromatic heterocycles. The van der Waals surface area contributed by atoms with E-state index < -0.39 is 17.2 Å². The molecule has 2 heterocycles. The van der Waals surface area contributed by atoms with Crippen LogP contribution in [0.25, 0.3) is 11.4 Å². The van der Waals surface area contributed by atoms with E-state index in [2.05, 4.69) is 15.2 Å². The number of aromatic nitrogens is 2. The van der Waals surface area contributed by atoms with E-state index in [4.69, 9.17) is 11.6 Å². The van der Waals surface area contributed by atoms with Crippen molar-refractivity contribution in [1.82, 2.24) is 19.8 Å². The highest BCUT2D eigenvalue weighted by Crippen LogP contribution is 2.33. The molecule has 1 N–H and O–H groups in total. The first-order valence-corrected chi connectivity index (χ1v) is 10.4. The zero-order valence-corrected chi connectivity index (χ0v) is 18.8. The average Bonchev–Trinajstić information content (AvgIpc) is 3.04. The summed E-state index contributed by atoms with van der Waals surface area (Å²) in [5.41, 5.74) is 0.918. The number of amides is 1. The molecule has 1 aliphatic rings. The molecule has 6 nitrogen and oxygen atoms in total. The fraction of sp³-hybridized carbons (Fsp3) is 0.500. The lowest BCUT2D eigenvalue weighted by molar-refractivity contribution is -0.127. The maximum Gasteiger partial charge on any atom is 0.223 e. The number of rotatable bonds is 5. The SMILES string of the molecule is CNC(=O)[C@@H](CC(=O)c1nc(-c2cc(Cl)ccc2F)n2c1CN(C)CC2)C(C)(C)C. The van der Waals surface area contributed by atoms with Crippen LogP contribution in [-0.2, 0) is 17.9 Å². The van der Waals surface area contributed by atoms with Crippen LogP contribution < -0.4 is 5.32 Å². The van der Waals surface area contributed by atoms with Crippen molar-refractivity contribution in [2.45, 2.75) is 40.3 Å². The Morgan fingerprint density at radius 1 is 1.30 bits per heavy atom. The third-order valence-corrected chi connectivity index (χ3v) is 5.86. The first-order valence-electron chi connectivity index (χ1n) is 10.0. The van der Waals surface area contributed by atoms with Gasteiger partial charge in [0.15, 0.2) is 5.78 Å². The van der Waals surface area contributed by atoms with Crippen LogP contribution in [0.2, 0.25) is 5.02 Å². The van der Waals surface area contributed by atoms with E-state index in [1.165, 1.54) is 18.2 Å². The lowest BCUT2D eigenvalue weighted by atomic mass is 9.77. The number of carbonyl (C=O) groups is 2. The van der Waals surface area contributed by atoms with Gasteiger partial charge in [-0.15, -0.1) is 0 Å². The summed E-state index contributed by atoms with van der Waals surface area (Å²) in [5.74, 6) is -0.940. The van der Waals surface area contributed by atoms with Crippen LogP contribution >= 0.6 is 11.6 Å². The average molecular weight is 435 g/mol. The third kappa shape index (κ3) is 4.42. The van der Waals surface area contributed by atoms with Gasteiger partial charge in [-0.3, -0.25) is 14.5 Å². The van der Waals surface area contributed by atoms with Gasteiger partial charge in [-0.25, -0.2) is 9.37 Å². The number of imidazole rings is 1. The molecule has 3 rings (SSSR count). The highest BCUT2D eigenvalue weighted by atomic mass is 35.5. The molecule has 0 unspecified atom stereocenters. The number of likely N-dealkylation sites (N-methyl/N-ethyl adjacent to an activating group) is 1. The number of benzene rings is 1. The van der Waals surface area contributed by atoms with Crippen LogP contribution in [0.4, 0.5) is 4.39 Å². The predicted molar refractivity (Wildman–Crippen MR) is 115 cm³/mol. The molecule has 2 aromatic rings. The Kier molecular flexibility index (Phi) is 6.34. The van der Waals surface area contributed by atoms with Crippen molar-refractivity contribution in [3.63, 3.8) is 0 Å². The van der Waals surface area contributed by atoms with Crippen molar-refractivity contribution < 1.29 is 14.0 Å². The Balaban J connectivity index is 2.07. The van der Waals surface area contributed by atoms with E-state index in [1.54, 1.807) is 7.05 Å². The lowest BCUT2D eigenvalue weighted by Crippen LogP contribution is -2.38. The molecule has 30 heavy (non-hydrogen) atoms. The fourth-order valence-electron chi connectivity index (χ4n) is 3.84. The second-order valence-corrected chi connectivity index (χ2v) is 9.34. The zero-order chi connectivity index (χ0) is 22.2. The van der Waals surface area contributed by atoms with Gasteiger partial charge in [-0.2, -0.15) is 0 Å². The van der Waals surface area contributed by atoms with E-state index in [9.17, 15) is 14.0 Å². The van der Waals surface area contributed by atoms with Gasteiger partial charge in [0.25, 0.3) is 0 Å². The Labute approximate surface area is 181 Å². The Morgan fingerprint density at radius 2 is 2.00 bits per heavy atom.